The first-order valence-electron chi connectivity index (χ1n) is 6.77. The van der Waals surface area contributed by atoms with E-state index < -0.39 is 18.0 Å². The van der Waals surface area contributed by atoms with Crippen molar-refractivity contribution in [1.82, 2.24) is 10.6 Å². The molecule has 1 fully saturated rings. The highest BCUT2D eigenvalue weighted by Gasteiger charge is 2.31. The molecule has 19 heavy (non-hydrogen) atoms. The Kier molecular flexibility index (Phi) is 5.60. The van der Waals surface area contributed by atoms with Gasteiger partial charge in [0.05, 0.1) is 0 Å². The predicted molar refractivity (Wildman–Crippen MR) is 71.0 cm³/mol. The van der Waals surface area contributed by atoms with Crippen molar-refractivity contribution in [2.75, 3.05) is 13.2 Å². The third kappa shape index (κ3) is 4.70. The first-order chi connectivity index (χ1) is 8.88. The van der Waals surface area contributed by atoms with E-state index >= 15 is 0 Å². The number of carbonyl (C=O) groups excluding carboxylic acids is 1. The molecule has 1 heterocycles. The van der Waals surface area contributed by atoms with Crippen LogP contribution in [0.15, 0.2) is 0 Å². The fraction of sp³-hybridized carbons (Fsp3) is 0.846. The van der Waals surface area contributed by atoms with Crippen molar-refractivity contribution in [3.8, 4) is 0 Å². The van der Waals surface area contributed by atoms with Crippen molar-refractivity contribution in [2.24, 2.45) is 5.92 Å². The van der Waals surface area contributed by atoms with Gasteiger partial charge in [0.25, 0.3) is 0 Å². The Morgan fingerprint density at radius 3 is 2.42 bits per heavy atom. The number of nitrogens with one attached hydrogen (secondary N) is 2. The monoisotopic (exact) mass is 272 g/mol. The molecule has 0 bridgehead atoms. The molecule has 2 atom stereocenters. The summed E-state index contributed by atoms with van der Waals surface area (Å²) in [6.45, 7) is 6.90. The molecule has 0 saturated carbocycles. The molecule has 1 aliphatic rings. The highest BCUT2D eigenvalue weighted by molar-refractivity contribution is 5.83. The zero-order valence-electron chi connectivity index (χ0n) is 11.9. The molecule has 110 valence electrons. The first-order valence-corrected chi connectivity index (χ1v) is 6.77. The number of rotatable bonds is 5. The SMILES string of the molecule is CCC(C)C(NC(=O)NC1(C)CCOCC1)C(=O)O. The van der Waals surface area contributed by atoms with E-state index in [1.54, 1.807) is 0 Å². The van der Waals surface area contributed by atoms with E-state index in [0.717, 1.165) is 12.8 Å². The van der Waals surface area contributed by atoms with Crippen molar-refractivity contribution in [3.63, 3.8) is 0 Å². The number of urea groups is 1. The maximum Gasteiger partial charge on any atom is 0.326 e. The zero-order chi connectivity index (χ0) is 14.5. The standard InChI is InChI=1S/C13H24N2O4/c1-4-9(2)10(11(16)17)14-12(18)15-13(3)5-7-19-8-6-13/h9-10H,4-8H2,1-3H3,(H,16,17)(H2,14,15,18). The number of ether oxygens (including phenoxy) is 1. The van der Waals surface area contributed by atoms with E-state index in [4.69, 9.17) is 9.84 Å². The van der Waals surface area contributed by atoms with Crippen LogP contribution >= 0.6 is 0 Å². The van der Waals surface area contributed by atoms with Crippen LogP contribution in [0.25, 0.3) is 0 Å². The van der Waals surface area contributed by atoms with Crippen molar-refractivity contribution in [3.05, 3.63) is 0 Å². The molecule has 1 rings (SSSR count). The summed E-state index contributed by atoms with van der Waals surface area (Å²) in [5.41, 5.74) is -0.319. The lowest BCUT2D eigenvalue weighted by molar-refractivity contribution is -0.140. The number of amides is 2. The molecule has 0 aromatic rings. The molecule has 0 radical (unpaired) electrons. The third-order valence-corrected chi connectivity index (χ3v) is 3.78. The van der Waals surface area contributed by atoms with Crippen molar-refractivity contribution in [1.29, 1.82) is 0 Å². The van der Waals surface area contributed by atoms with Gasteiger partial charge in [-0.1, -0.05) is 20.3 Å². The fourth-order valence-electron chi connectivity index (χ4n) is 2.08. The Bertz CT molecular complexity index is 327. The first kappa shape index (κ1) is 15.8. The van der Waals surface area contributed by atoms with Gasteiger partial charge < -0.3 is 20.5 Å². The second kappa shape index (κ2) is 6.75. The van der Waals surface area contributed by atoms with Crippen LogP contribution in [0.4, 0.5) is 4.79 Å². The Balaban J connectivity index is 2.55. The summed E-state index contributed by atoms with van der Waals surface area (Å²) < 4.78 is 5.26. The number of hydrogen-bond acceptors (Lipinski definition) is 3. The molecule has 3 N–H and O–H groups in total. The van der Waals surface area contributed by atoms with Gasteiger partial charge in [-0.15, -0.1) is 0 Å². The van der Waals surface area contributed by atoms with E-state index in [1.165, 1.54) is 0 Å². The summed E-state index contributed by atoms with van der Waals surface area (Å²) in [4.78, 5) is 23.1. The van der Waals surface area contributed by atoms with E-state index in [2.05, 4.69) is 10.6 Å². The van der Waals surface area contributed by atoms with Gasteiger partial charge in [0.2, 0.25) is 0 Å². The zero-order valence-corrected chi connectivity index (χ0v) is 11.9. The van der Waals surface area contributed by atoms with Crippen molar-refractivity contribution < 1.29 is 19.4 Å². The maximum atomic E-state index is 11.9. The molecule has 0 aromatic carbocycles. The Morgan fingerprint density at radius 2 is 1.95 bits per heavy atom. The van der Waals surface area contributed by atoms with E-state index in [0.29, 0.717) is 19.6 Å². The fourth-order valence-corrected chi connectivity index (χ4v) is 2.08. The largest absolute Gasteiger partial charge is 0.480 e. The van der Waals surface area contributed by atoms with Gasteiger partial charge in [0.1, 0.15) is 6.04 Å². The minimum Gasteiger partial charge on any atom is -0.480 e. The average Bonchev–Trinajstić information content (AvgIpc) is 2.35. The minimum absolute atomic E-state index is 0.106. The summed E-state index contributed by atoms with van der Waals surface area (Å²) in [5.74, 6) is -1.10. The summed E-state index contributed by atoms with van der Waals surface area (Å²) in [5, 5.41) is 14.5. The quantitative estimate of drug-likeness (QED) is 0.705. The minimum atomic E-state index is -0.998. The van der Waals surface area contributed by atoms with Crippen LogP contribution < -0.4 is 10.6 Å². The van der Waals surface area contributed by atoms with Gasteiger partial charge in [0, 0.05) is 18.8 Å². The molecule has 1 saturated heterocycles. The van der Waals surface area contributed by atoms with Crippen LogP contribution in [0.2, 0.25) is 0 Å². The number of hydrogen-bond donors (Lipinski definition) is 3. The predicted octanol–water partition coefficient (Wildman–Crippen LogP) is 1.35. The molecule has 0 spiro atoms. The van der Waals surface area contributed by atoms with Gasteiger partial charge >= 0.3 is 12.0 Å². The highest BCUT2D eigenvalue weighted by atomic mass is 16.5. The molecular weight excluding hydrogens is 248 g/mol. The summed E-state index contributed by atoms with van der Waals surface area (Å²) >= 11 is 0. The van der Waals surface area contributed by atoms with Crippen LogP contribution in [0.5, 0.6) is 0 Å². The summed E-state index contributed by atoms with van der Waals surface area (Å²) in [6, 6.07) is -1.27. The normalized spacial score (nSPS) is 21.2. The highest BCUT2D eigenvalue weighted by Crippen LogP contribution is 2.19. The van der Waals surface area contributed by atoms with E-state index in [9.17, 15) is 9.59 Å². The molecule has 2 amide bonds. The number of aliphatic carboxylic acids is 1. The molecule has 2 unspecified atom stereocenters. The molecule has 6 heteroatoms. The smallest absolute Gasteiger partial charge is 0.326 e. The Hall–Kier alpha value is -1.30. The summed E-state index contributed by atoms with van der Waals surface area (Å²) in [6.07, 6.45) is 2.17. The topological polar surface area (TPSA) is 87.7 Å². The Labute approximate surface area is 113 Å². The molecule has 1 aliphatic heterocycles. The number of carboxylic acids is 1. The van der Waals surface area contributed by atoms with Crippen molar-refractivity contribution >= 4 is 12.0 Å². The third-order valence-electron chi connectivity index (χ3n) is 3.78. The van der Waals surface area contributed by atoms with Crippen LogP contribution in [-0.4, -0.2) is 41.9 Å². The maximum absolute atomic E-state index is 11.9. The van der Waals surface area contributed by atoms with Gasteiger partial charge in [-0.3, -0.25) is 0 Å². The molecule has 6 nitrogen and oxygen atoms in total. The summed E-state index contributed by atoms with van der Waals surface area (Å²) in [7, 11) is 0. The van der Waals surface area contributed by atoms with Crippen molar-refractivity contribution in [2.45, 2.75) is 51.6 Å². The van der Waals surface area contributed by atoms with Crippen LogP contribution in [0.3, 0.4) is 0 Å². The lowest BCUT2D eigenvalue weighted by atomic mass is 9.93. The van der Waals surface area contributed by atoms with Crippen LogP contribution in [0, 0.1) is 5.92 Å². The molecule has 0 aliphatic carbocycles. The van der Waals surface area contributed by atoms with Gasteiger partial charge in [-0.25, -0.2) is 9.59 Å². The van der Waals surface area contributed by atoms with Gasteiger partial charge in [-0.05, 0) is 25.7 Å². The van der Waals surface area contributed by atoms with E-state index in [-0.39, 0.29) is 11.5 Å². The average molecular weight is 272 g/mol. The lowest BCUT2D eigenvalue weighted by Crippen LogP contribution is -2.56. The van der Waals surface area contributed by atoms with Gasteiger partial charge in [-0.2, -0.15) is 0 Å². The van der Waals surface area contributed by atoms with Crippen LogP contribution in [0.1, 0.15) is 40.0 Å². The number of carboxylic acid groups (broad SMARTS) is 1. The molecular formula is C13H24N2O4. The van der Waals surface area contributed by atoms with Gasteiger partial charge in [0.15, 0.2) is 0 Å². The van der Waals surface area contributed by atoms with Crippen LogP contribution in [-0.2, 0) is 9.53 Å². The second-order valence-corrected chi connectivity index (χ2v) is 5.47. The lowest BCUT2D eigenvalue weighted by Gasteiger charge is -2.35. The van der Waals surface area contributed by atoms with E-state index in [1.807, 2.05) is 20.8 Å². The second-order valence-electron chi connectivity index (χ2n) is 5.47. The number of carbonyl (C=O) groups is 2. The molecule has 0 aromatic heterocycles. The Morgan fingerprint density at radius 1 is 1.37 bits per heavy atom.